The van der Waals surface area contributed by atoms with Crippen LogP contribution in [0.3, 0.4) is 0 Å². The number of rotatable bonds is 2. The Labute approximate surface area is 86.4 Å². The molecule has 0 aromatic heterocycles. The Morgan fingerprint density at radius 3 is 2.38 bits per heavy atom. The molecule has 0 atom stereocenters. The number of methoxy groups -OCH3 is 1. The van der Waals surface area contributed by atoms with Crippen LogP contribution in [-0.2, 0) is 0 Å². The lowest BCUT2D eigenvalue weighted by Gasteiger charge is -2.06. The topological polar surface area (TPSA) is 26.3 Å². The first-order valence-corrected chi connectivity index (χ1v) is 4.36. The number of ketones is 1. The number of Topliss-reactive ketones (excluding diaryl/α,β-unsaturated/α-hetero) is 1. The molecule has 0 amide bonds. The van der Waals surface area contributed by atoms with Crippen molar-refractivity contribution in [3.8, 4) is 5.75 Å². The minimum Gasteiger partial charge on any atom is -0.495 e. The molecule has 0 aliphatic heterocycles. The van der Waals surface area contributed by atoms with Crippen LogP contribution in [0.15, 0.2) is 12.1 Å². The van der Waals surface area contributed by atoms with Gasteiger partial charge in [-0.2, -0.15) is 0 Å². The van der Waals surface area contributed by atoms with Gasteiger partial charge in [-0.15, -0.1) is 0 Å². The summed E-state index contributed by atoms with van der Waals surface area (Å²) < 4.78 is 4.93. The van der Waals surface area contributed by atoms with Crippen LogP contribution in [0.4, 0.5) is 0 Å². The van der Waals surface area contributed by atoms with Gasteiger partial charge in [0.05, 0.1) is 12.1 Å². The number of benzene rings is 1. The molecular formula is C9H8Cl2O2. The molecule has 0 fully saturated rings. The van der Waals surface area contributed by atoms with Gasteiger partial charge >= 0.3 is 0 Å². The Kier molecular flexibility index (Phi) is 3.17. The number of hydrogen-bond acceptors (Lipinski definition) is 2. The maximum Gasteiger partial charge on any atom is 0.161 e. The maximum absolute atomic E-state index is 11.0. The summed E-state index contributed by atoms with van der Waals surface area (Å²) in [6, 6.07) is 3.21. The summed E-state index contributed by atoms with van der Waals surface area (Å²) in [6.07, 6.45) is 0. The summed E-state index contributed by atoms with van der Waals surface area (Å²) in [7, 11) is 1.49. The second-order valence-electron chi connectivity index (χ2n) is 2.50. The van der Waals surface area contributed by atoms with Gasteiger partial charge in [0.25, 0.3) is 0 Å². The van der Waals surface area contributed by atoms with Gasteiger partial charge in [0.2, 0.25) is 0 Å². The van der Waals surface area contributed by atoms with Crippen molar-refractivity contribution >= 4 is 29.0 Å². The fourth-order valence-corrected chi connectivity index (χ4v) is 1.49. The lowest BCUT2D eigenvalue weighted by atomic mass is 10.1. The molecule has 0 N–H and O–H groups in total. The van der Waals surface area contributed by atoms with Crippen molar-refractivity contribution in [2.75, 3.05) is 7.11 Å². The van der Waals surface area contributed by atoms with Crippen LogP contribution in [-0.4, -0.2) is 12.9 Å². The summed E-state index contributed by atoms with van der Waals surface area (Å²) in [4.78, 5) is 11.0. The van der Waals surface area contributed by atoms with Crippen molar-refractivity contribution in [3.05, 3.63) is 27.7 Å². The van der Waals surface area contributed by atoms with E-state index in [0.29, 0.717) is 11.3 Å². The highest BCUT2D eigenvalue weighted by Gasteiger charge is 2.12. The van der Waals surface area contributed by atoms with Crippen molar-refractivity contribution in [2.45, 2.75) is 6.92 Å². The lowest BCUT2D eigenvalue weighted by molar-refractivity contribution is 0.101. The van der Waals surface area contributed by atoms with Crippen molar-refractivity contribution in [1.29, 1.82) is 0 Å². The first kappa shape index (κ1) is 10.4. The van der Waals surface area contributed by atoms with Crippen LogP contribution in [0.1, 0.15) is 17.3 Å². The van der Waals surface area contributed by atoms with Gasteiger partial charge < -0.3 is 4.74 Å². The van der Waals surface area contributed by atoms with Gasteiger partial charge in [-0.25, -0.2) is 0 Å². The van der Waals surface area contributed by atoms with E-state index in [-0.39, 0.29) is 15.8 Å². The van der Waals surface area contributed by atoms with Crippen LogP contribution in [0.5, 0.6) is 5.75 Å². The van der Waals surface area contributed by atoms with E-state index in [1.807, 2.05) is 0 Å². The summed E-state index contributed by atoms with van der Waals surface area (Å²) in [5, 5.41) is 0.519. The number of ether oxygens (including phenoxy) is 1. The van der Waals surface area contributed by atoms with E-state index < -0.39 is 0 Å². The quantitative estimate of drug-likeness (QED) is 0.714. The van der Waals surface area contributed by atoms with Crippen molar-refractivity contribution in [2.24, 2.45) is 0 Å². The monoisotopic (exact) mass is 218 g/mol. The van der Waals surface area contributed by atoms with Gasteiger partial charge in [0.1, 0.15) is 10.8 Å². The van der Waals surface area contributed by atoms with Crippen LogP contribution < -0.4 is 4.74 Å². The molecule has 0 aliphatic rings. The van der Waals surface area contributed by atoms with Gasteiger partial charge in [0.15, 0.2) is 5.78 Å². The molecule has 0 spiro atoms. The largest absolute Gasteiger partial charge is 0.495 e. The molecule has 2 nitrogen and oxygen atoms in total. The average molecular weight is 219 g/mol. The fraction of sp³-hybridized carbons (Fsp3) is 0.222. The Balaban J connectivity index is 3.31. The highest BCUT2D eigenvalue weighted by molar-refractivity contribution is 6.44. The van der Waals surface area contributed by atoms with E-state index in [4.69, 9.17) is 27.9 Å². The van der Waals surface area contributed by atoms with Gasteiger partial charge in [-0.05, 0) is 19.1 Å². The second-order valence-corrected chi connectivity index (χ2v) is 3.26. The van der Waals surface area contributed by atoms with E-state index in [9.17, 15) is 4.79 Å². The highest BCUT2D eigenvalue weighted by Crippen LogP contribution is 2.34. The molecule has 1 rings (SSSR count). The zero-order valence-electron chi connectivity index (χ0n) is 7.23. The average Bonchev–Trinajstić information content (AvgIpc) is 2.09. The Bertz CT molecular complexity index is 348. The molecule has 0 radical (unpaired) electrons. The van der Waals surface area contributed by atoms with E-state index in [2.05, 4.69) is 0 Å². The molecule has 0 saturated carbocycles. The smallest absolute Gasteiger partial charge is 0.161 e. The molecule has 4 heteroatoms. The van der Waals surface area contributed by atoms with Gasteiger partial charge in [0, 0.05) is 5.56 Å². The predicted octanol–water partition coefficient (Wildman–Crippen LogP) is 3.20. The molecule has 1 aromatic rings. The van der Waals surface area contributed by atoms with Crippen LogP contribution in [0.2, 0.25) is 10.0 Å². The van der Waals surface area contributed by atoms with Crippen molar-refractivity contribution < 1.29 is 9.53 Å². The fourth-order valence-electron chi connectivity index (χ4n) is 0.961. The molecule has 0 saturated heterocycles. The molecule has 1 aromatic carbocycles. The normalized spacial score (nSPS) is 9.85. The summed E-state index contributed by atoms with van der Waals surface area (Å²) >= 11 is 11.7. The van der Waals surface area contributed by atoms with Crippen LogP contribution >= 0.6 is 23.2 Å². The Hall–Kier alpha value is -0.730. The Morgan fingerprint density at radius 2 is 1.92 bits per heavy atom. The summed E-state index contributed by atoms with van der Waals surface area (Å²) in [5.41, 5.74) is 0.410. The molecular weight excluding hydrogens is 211 g/mol. The Morgan fingerprint density at radius 1 is 1.31 bits per heavy atom. The molecule has 0 aliphatic carbocycles. The highest BCUT2D eigenvalue weighted by atomic mass is 35.5. The molecule has 0 unspecified atom stereocenters. The third-order valence-corrected chi connectivity index (χ3v) is 2.51. The first-order chi connectivity index (χ1) is 6.07. The molecule has 0 heterocycles. The van der Waals surface area contributed by atoms with E-state index in [0.717, 1.165) is 0 Å². The lowest BCUT2D eigenvalue weighted by Crippen LogP contribution is -1.95. The van der Waals surface area contributed by atoms with E-state index in [1.54, 1.807) is 12.1 Å². The third kappa shape index (κ3) is 1.95. The molecule has 0 bridgehead atoms. The van der Waals surface area contributed by atoms with Crippen molar-refractivity contribution in [1.82, 2.24) is 0 Å². The minimum absolute atomic E-state index is 0.116. The second kappa shape index (κ2) is 3.99. The SMILES string of the molecule is COc1ccc(C(C)=O)c(Cl)c1Cl. The summed E-state index contributed by atoms with van der Waals surface area (Å²) in [5.74, 6) is 0.353. The van der Waals surface area contributed by atoms with Crippen LogP contribution in [0.25, 0.3) is 0 Å². The number of hydrogen-bond donors (Lipinski definition) is 0. The maximum atomic E-state index is 11.0. The molecule has 13 heavy (non-hydrogen) atoms. The summed E-state index contributed by atoms with van der Waals surface area (Å²) in [6.45, 7) is 1.43. The number of carbonyl (C=O) groups excluding carboxylic acids is 1. The zero-order valence-corrected chi connectivity index (χ0v) is 8.74. The minimum atomic E-state index is -0.116. The number of halogens is 2. The third-order valence-electron chi connectivity index (χ3n) is 1.65. The van der Waals surface area contributed by atoms with Gasteiger partial charge in [-0.3, -0.25) is 4.79 Å². The standard InChI is InChI=1S/C9H8Cl2O2/c1-5(12)6-3-4-7(13-2)9(11)8(6)10/h3-4H,1-2H3. The van der Waals surface area contributed by atoms with Crippen LogP contribution in [0, 0.1) is 0 Å². The molecule has 70 valence electrons. The number of carbonyl (C=O) groups is 1. The zero-order chi connectivity index (χ0) is 10.0. The van der Waals surface area contributed by atoms with Crippen molar-refractivity contribution in [3.63, 3.8) is 0 Å². The van der Waals surface area contributed by atoms with Gasteiger partial charge in [-0.1, -0.05) is 23.2 Å². The van der Waals surface area contributed by atoms with E-state index >= 15 is 0 Å². The van der Waals surface area contributed by atoms with E-state index in [1.165, 1.54) is 14.0 Å². The first-order valence-electron chi connectivity index (χ1n) is 3.61. The predicted molar refractivity (Wildman–Crippen MR) is 53.0 cm³/mol.